The number of carbonyl (C=O) groups is 1. The molecule has 0 radical (unpaired) electrons. The lowest BCUT2D eigenvalue weighted by molar-refractivity contribution is -0.115. The van der Waals surface area contributed by atoms with Crippen molar-refractivity contribution in [2.45, 2.75) is 33.6 Å². The normalized spacial score (nSPS) is 12.2. The van der Waals surface area contributed by atoms with Gasteiger partial charge >= 0.3 is 0 Å². The Hall–Kier alpha value is -2.58. The number of halogens is 1. The zero-order valence-corrected chi connectivity index (χ0v) is 16.8. The molecular formula is C24H24ClNO. The van der Waals surface area contributed by atoms with Crippen molar-refractivity contribution < 1.29 is 4.79 Å². The fourth-order valence-corrected chi connectivity index (χ4v) is 3.56. The standard InChI is InChI=1S/C16H15NO.C8H9Cl/c1-12(18)17-15-8-4-2-6-13(15)10-11-14-7-3-5-9-16(14)17;1-6-4-3-5-8(9)7(6)2/h2-9H,10-11H2,1H3;3-5H,1-2H3. The molecule has 0 aromatic heterocycles. The molecule has 0 spiro atoms. The Kier molecular flexibility index (Phi) is 5.98. The largest absolute Gasteiger partial charge is 0.281 e. The van der Waals surface area contributed by atoms with Gasteiger partial charge in [0.15, 0.2) is 0 Å². The van der Waals surface area contributed by atoms with Crippen LogP contribution in [-0.4, -0.2) is 5.91 Å². The second kappa shape index (κ2) is 8.41. The molecule has 27 heavy (non-hydrogen) atoms. The molecule has 3 aromatic carbocycles. The number of aryl methyl sites for hydroxylation is 3. The molecule has 0 saturated heterocycles. The number of rotatable bonds is 0. The molecular weight excluding hydrogens is 354 g/mol. The molecule has 0 bridgehead atoms. The smallest absolute Gasteiger partial charge is 0.228 e. The second-order valence-electron chi connectivity index (χ2n) is 6.79. The van der Waals surface area contributed by atoms with Gasteiger partial charge in [0.25, 0.3) is 0 Å². The minimum Gasteiger partial charge on any atom is -0.281 e. The van der Waals surface area contributed by atoms with E-state index in [1.165, 1.54) is 22.3 Å². The Morgan fingerprint density at radius 3 is 1.78 bits per heavy atom. The Bertz CT molecular complexity index is 896. The Balaban J connectivity index is 0.000000197. The van der Waals surface area contributed by atoms with Gasteiger partial charge < -0.3 is 0 Å². The molecule has 0 N–H and O–H groups in total. The van der Waals surface area contributed by atoms with E-state index < -0.39 is 0 Å². The van der Waals surface area contributed by atoms with Gasteiger partial charge in [-0.15, -0.1) is 0 Å². The van der Waals surface area contributed by atoms with Gasteiger partial charge in [-0.3, -0.25) is 9.69 Å². The Morgan fingerprint density at radius 1 is 0.815 bits per heavy atom. The lowest BCUT2D eigenvalue weighted by atomic mass is 10.0. The van der Waals surface area contributed by atoms with E-state index in [2.05, 4.69) is 25.1 Å². The number of hydrogen-bond donors (Lipinski definition) is 0. The van der Waals surface area contributed by atoms with Gasteiger partial charge in [-0.25, -0.2) is 0 Å². The summed E-state index contributed by atoms with van der Waals surface area (Å²) >= 11 is 5.81. The second-order valence-corrected chi connectivity index (χ2v) is 7.20. The molecule has 4 rings (SSSR count). The lowest BCUT2D eigenvalue weighted by Crippen LogP contribution is -2.23. The molecule has 1 aliphatic heterocycles. The predicted molar refractivity (Wildman–Crippen MR) is 114 cm³/mol. The molecule has 1 heterocycles. The van der Waals surface area contributed by atoms with E-state index >= 15 is 0 Å². The summed E-state index contributed by atoms with van der Waals surface area (Å²) in [7, 11) is 0. The molecule has 0 fully saturated rings. The van der Waals surface area contributed by atoms with Crippen LogP contribution in [0.25, 0.3) is 0 Å². The van der Waals surface area contributed by atoms with Gasteiger partial charge in [0.2, 0.25) is 5.91 Å². The number of anilines is 2. The number of carbonyl (C=O) groups excluding carboxylic acids is 1. The highest BCUT2D eigenvalue weighted by Gasteiger charge is 2.22. The summed E-state index contributed by atoms with van der Waals surface area (Å²) < 4.78 is 0. The van der Waals surface area contributed by atoms with E-state index in [-0.39, 0.29) is 5.91 Å². The van der Waals surface area contributed by atoms with Gasteiger partial charge in [-0.1, -0.05) is 60.1 Å². The molecule has 0 unspecified atom stereocenters. The Morgan fingerprint density at radius 2 is 1.33 bits per heavy atom. The van der Waals surface area contributed by atoms with Crippen LogP contribution >= 0.6 is 11.6 Å². The molecule has 0 aliphatic carbocycles. The molecule has 0 saturated carbocycles. The van der Waals surface area contributed by atoms with Crippen LogP contribution < -0.4 is 4.90 Å². The van der Waals surface area contributed by atoms with Crippen LogP contribution in [0.4, 0.5) is 11.4 Å². The number of hydrogen-bond acceptors (Lipinski definition) is 1. The first kappa shape index (κ1) is 19.2. The van der Waals surface area contributed by atoms with Crippen LogP contribution in [0.5, 0.6) is 0 Å². The van der Waals surface area contributed by atoms with Crippen LogP contribution in [0, 0.1) is 13.8 Å². The topological polar surface area (TPSA) is 20.3 Å². The SMILES string of the molecule is CC(=O)N1c2ccccc2CCc2ccccc21.Cc1cccc(Cl)c1C. The van der Waals surface area contributed by atoms with E-state index in [1.54, 1.807) is 6.92 Å². The van der Waals surface area contributed by atoms with E-state index in [1.807, 2.05) is 60.4 Å². The summed E-state index contributed by atoms with van der Waals surface area (Å²) in [6.07, 6.45) is 1.97. The summed E-state index contributed by atoms with van der Waals surface area (Å²) in [5, 5.41) is 0.856. The molecule has 2 nitrogen and oxygen atoms in total. The minimum absolute atomic E-state index is 0.0665. The third-order valence-corrected chi connectivity index (χ3v) is 5.39. The zero-order valence-electron chi connectivity index (χ0n) is 16.0. The number of fused-ring (bicyclic) bond motifs is 2. The van der Waals surface area contributed by atoms with Crippen molar-refractivity contribution in [3.63, 3.8) is 0 Å². The average Bonchev–Trinajstić information content (AvgIpc) is 2.83. The maximum atomic E-state index is 12.0. The van der Waals surface area contributed by atoms with Crippen LogP contribution in [-0.2, 0) is 17.6 Å². The van der Waals surface area contributed by atoms with Crippen molar-refractivity contribution in [1.29, 1.82) is 0 Å². The molecule has 1 aliphatic rings. The maximum absolute atomic E-state index is 12.0. The van der Waals surface area contributed by atoms with Crippen LogP contribution in [0.2, 0.25) is 5.02 Å². The van der Waals surface area contributed by atoms with Crippen molar-refractivity contribution in [1.82, 2.24) is 0 Å². The van der Waals surface area contributed by atoms with Crippen LogP contribution in [0.15, 0.2) is 66.7 Å². The van der Waals surface area contributed by atoms with Gasteiger partial charge in [0.1, 0.15) is 0 Å². The monoisotopic (exact) mass is 377 g/mol. The predicted octanol–water partition coefficient (Wildman–Crippen LogP) is 6.43. The number of para-hydroxylation sites is 2. The minimum atomic E-state index is 0.0665. The van der Waals surface area contributed by atoms with Gasteiger partial charge in [-0.2, -0.15) is 0 Å². The first-order chi connectivity index (χ1) is 13.0. The molecule has 0 atom stereocenters. The van der Waals surface area contributed by atoms with Crippen molar-refractivity contribution in [3.8, 4) is 0 Å². The first-order valence-corrected chi connectivity index (χ1v) is 9.55. The van der Waals surface area contributed by atoms with E-state index in [9.17, 15) is 4.79 Å². The summed E-state index contributed by atoms with van der Waals surface area (Å²) in [5.74, 6) is 0.0665. The number of benzene rings is 3. The molecule has 3 heteroatoms. The maximum Gasteiger partial charge on any atom is 0.228 e. The quantitative estimate of drug-likeness (QED) is 0.442. The van der Waals surface area contributed by atoms with Crippen molar-refractivity contribution in [2.75, 3.05) is 4.90 Å². The lowest BCUT2D eigenvalue weighted by Gasteiger charge is -2.23. The molecule has 138 valence electrons. The van der Waals surface area contributed by atoms with Crippen molar-refractivity contribution in [3.05, 3.63) is 94.0 Å². The highest BCUT2D eigenvalue weighted by Crippen LogP contribution is 2.35. The van der Waals surface area contributed by atoms with E-state index in [0.717, 1.165) is 29.2 Å². The van der Waals surface area contributed by atoms with Gasteiger partial charge in [0, 0.05) is 11.9 Å². The van der Waals surface area contributed by atoms with Gasteiger partial charge in [-0.05, 0) is 67.1 Å². The fourth-order valence-electron chi connectivity index (χ4n) is 3.33. The zero-order chi connectivity index (χ0) is 19.4. The van der Waals surface area contributed by atoms with E-state index in [0.29, 0.717) is 0 Å². The van der Waals surface area contributed by atoms with Gasteiger partial charge in [0.05, 0.1) is 11.4 Å². The number of nitrogens with zero attached hydrogens (tertiary/aromatic N) is 1. The first-order valence-electron chi connectivity index (χ1n) is 9.17. The van der Waals surface area contributed by atoms with Crippen molar-refractivity contribution in [2.24, 2.45) is 0 Å². The summed E-state index contributed by atoms with van der Waals surface area (Å²) in [4.78, 5) is 13.8. The summed E-state index contributed by atoms with van der Waals surface area (Å²) in [6, 6.07) is 22.2. The highest BCUT2D eigenvalue weighted by atomic mass is 35.5. The summed E-state index contributed by atoms with van der Waals surface area (Å²) in [5.41, 5.74) is 6.96. The number of amides is 1. The third-order valence-electron chi connectivity index (χ3n) is 4.98. The van der Waals surface area contributed by atoms with Crippen LogP contribution in [0.3, 0.4) is 0 Å². The van der Waals surface area contributed by atoms with Crippen molar-refractivity contribution >= 4 is 28.9 Å². The average molecular weight is 378 g/mol. The van der Waals surface area contributed by atoms with Crippen LogP contribution in [0.1, 0.15) is 29.2 Å². The van der Waals surface area contributed by atoms with E-state index in [4.69, 9.17) is 11.6 Å². The summed E-state index contributed by atoms with van der Waals surface area (Å²) in [6.45, 7) is 5.71. The third kappa shape index (κ3) is 4.23. The molecule has 3 aromatic rings. The Labute approximate surface area is 166 Å². The highest BCUT2D eigenvalue weighted by molar-refractivity contribution is 6.31. The fraction of sp³-hybridized carbons (Fsp3) is 0.208. The molecule has 1 amide bonds.